The number of ether oxygens (including phenoxy) is 1. The van der Waals surface area contributed by atoms with E-state index in [0.717, 1.165) is 10.2 Å². The van der Waals surface area contributed by atoms with Gasteiger partial charge in [-0.1, -0.05) is 42.0 Å². The normalized spacial score (nSPS) is 11.1. The lowest BCUT2D eigenvalue weighted by atomic mass is 9.95. The van der Waals surface area contributed by atoms with E-state index in [2.05, 4.69) is 15.9 Å². The van der Waals surface area contributed by atoms with Crippen molar-refractivity contribution in [2.45, 2.75) is 13.8 Å². The number of nitrogens with two attached hydrogens (primary N) is 1. The second-order valence-corrected chi connectivity index (χ2v) is 5.35. The smallest absolute Gasteiger partial charge is 0.119 e. The van der Waals surface area contributed by atoms with Crippen molar-refractivity contribution in [3.63, 3.8) is 0 Å². The van der Waals surface area contributed by atoms with E-state index in [1.165, 1.54) is 0 Å². The Kier molecular flexibility index (Phi) is 4.11. The number of rotatable bonds is 4. The molecule has 1 rings (SSSR count). The first-order valence-corrected chi connectivity index (χ1v) is 5.80. The fourth-order valence-corrected chi connectivity index (χ4v) is 1.19. The molecule has 0 bridgehead atoms. The number of hydrogen-bond donors (Lipinski definition) is 1. The van der Waals surface area contributed by atoms with Gasteiger partial charge in [-0.05, 0) is 24.3 Å². The van der Waals surface area contributed by atoms with Crippen LogP contribution in [0, 0.1) is 5.41 Å². The molecule has 1 aromatic rings. The quantitative estimate of drug-likeness (QED) is 0.864. The molecule has 0 saturated heterocycles. The van der Waals surface area contributed by atoms with Crippen LogP contribution in [0.15, 0.2) is 28.7 Å². The number of thiocarbonyl (C=S) groups is 1. The minimum Gasteiger partial charge on any atom is -0.493 e. The summed E-state index contributed by atoms with van der Waals surface area (Å²) in [5.74, 6) is 0.822. The van der Waals surface area contributed by atoms with E-state index in [9.17, 15) is 0 Å². The Morgan fingerprint density at radius 1 is 1.40 bits per heavy atom. The van der Waals surface area contributed by atoms with Gasteiger partial charge in [-0.15, -0.1) is 0 Å². The molecule has 0 spiro atoms. The third-order valence-electron chi connectivity index (χ3n) is 2.08. The topological polar surface area (TPSA) is 35.2 Å². The SMILES string of the molecule is CC(C)(COc1ccc(Br)cc1)C(N)=S. The molecule has 82 valence electrons. The van der Waals surface area contributed by atoms with Gasteiger partial charge in [0, 0.05) is 9.89 Å². The van der Waals surface area contributed by atoms with E-state index in [-0.39, 0.29) is 5.41 Å². The summed E-state index contributed by atoms with van der Waals surface area (Å²) < 4.78 is 6.63. The molecule has 0 amide bonds. The van der Waals surface area contributed by atoms with Crippen LogP contribution in [-0.4, -0.2) is 11.6 Å². The highest BCUT2D eigenvalue weighted by Crippen LogP contribution is 2.20. The molecule has 0 unspecified atom stereocenters. The molecule has 0 heterocycles. The minimum atomic E-state index is -0.275. The monoisotopic (exact) mass is 287 g/mol. The van der Waals surface area contributed by atoms with Crippen LogP contribution in [0.1, 0.15) is 13.8 Å². The van der Waals surface area contributed by atoms with Gasteiger partial charge in [0.15, 0.2) is 0 Å². The van der Waals surface area contributed by atoms with Crippen LogP contribution in [0.5, 0.6) is 5.75 Å². The predicted octanol–water partition coefficient (Wildman–Crippen LogP) is 3.14. The van der Waals surface area contributed by atoms with Gasteiger partial charge in [-0.2, -0.15) is 0 Å². The maximum Gasteiger partial charge on any atom is 0.119 e. The van der Waals surface area contributed by atoms with E-state index in [4.69, 9.17) is 22.7 Å². The molecule has 0 aliphatic rings. The van der Waals surface area contributed by atoms with E-state index < -0.39 is 0 Å². The van der Waals surface area contributed by atoms with E-state index in [1.54, 1.807) is 0 Å². The summed E-state index contributed by atoms with van der Waals surface area (Å²) in [5.41, 5.74) is 5.33. The van der Waals surface area contributed by atoms with Crippen LogP contribution >= 0.6 is 28.1 Å². The number of benzene rings is 1. The van der Waals surface area contributed by atoms with Gasteiger partial charge in [0.2, 0.25) is 0 Å². The number of halogens is 1. The molecule has 2 N–H and O–H groups in total. The first-order valence-electron chi connectivity index (χ1n) is 4.60. The van der Waals surface area contributed by atoms with Crippen LogP contribution in [-0.2, 0) is 0 Å². The summed E-state index contributed by atoms with van der Waals surface area (Å²) in [7, 11) is 0. The van der Waals surface area contributed by atoms with Crippen molar-refractivity contribution in [1.82, 2.24) is 0 Å². The van der Waals surface area contributed by atoms with Gasteiger partial charge >= 0.3 is 0 Å². The molecule has 0 saturated carbocycles. The van der Waals surface area contributed by atoms with Gasteiger partial charge in [0.1, 0.15) is 5.75 Å². The standard InChI is InChI=1S/C11H14BrNOS/c1-11(2,10(13)15)7-14-9-5-3-8(12)4-6-9/h3-6H,7H2,1-2H3,(H2,13,15). The molecule has 0 aliphatic heterocycles. The van der Waals surface area contributed by atoms with Crippen LogP contribution in [0.4, 0.5) is 0 Å². The zero-order valence-electron chi connectivity index (χ0n) is 8.79. The predicted molar refractivity (Wildman–Crippen MR) is 70.2 cm³/mol. The maximum atomic E-state index is 5.60. The molecule has 0 fully saturated rings. The Hall–Kier alpha value is -0.610. The van der Waals surface area contributed by atoms with Gasteiger partial charge in [0.25, 0.3) is 0 Å². The summed E-state index contributed by atoms with van der Waals surface area (Å²) >= 11 is 8.32. The first-order chi connectivity index (χ1) is 6.92. The molecule has 0 aromatic heterocycles. The van der Waals surface area contributed by atoms with Gasteiger partial charge < -0.3 is 10.5 Å². The summed E-state index contributed by atoms with van der Waals surface area (Å²) in [6.07, 6.45) is 0. The van der Waals surface area contributed by atoms with Crippen molar-refractivity contribution in [3.05, 3.63) is 28.7 Å². The summed E-state index contributed by atoms with van der Waals surface area (Å²) in [6, 6.07) is 7.67. The highest BCUT2D eigenvalue weighted by Gasteiger charge is 2.22. The van der Waals surface area contributed by atoms with Crippen LogP contribution < -0.4 is 10.5 Å². The molecule has 1 aromatic carbocycles. The van der Waals surface area contributed by atoms with Gasteiger partial charge in [-0.3, -0.25) is 0 Å². The highest BCUT2D eigenvalue weighted by atomic mass is 79.9. The average Bonchev–Trinajstić information content (AvgIpc) is 2.17. The van der Waals surface area contributed by atoms with Crippen molar-refractivity contribution in [1.29, 1.82) is 0 Å². The van der Waals surface area contributed by atoms with Gasteiger partial charge in [0.05, 0.1) is 11.6 Å². The highest BCUT2D eigenvalue weighted by molar-refractivity contribution is 9.10. The fourth-order valence-electron chi connectivity index (χ4n) is 0.866. The second kappa shape index (κ2) is 4.94. The van der Waals surface area contributed by atoms with E-state index >= 15 is 0 Å². The Balaban J connectivity index is 2.57. The largest absolute Gasteiger partial charge is 0.493 e. The molecule has 2 nitrogen and oxygen atoms in total. The summed E-state index contributed by atoms with van der Waals surface area (Å²) in [4.78, 5) is 0.472. The van der Waals surface area contributed by atoms with Crippen molar-refractivity contribution in [2.24, 2.45) is 11.1 Å². The van der Waals surface area contributed by atoms with Crippen molar-refractivity contribution in [3.8, 4) is 5.75 Å². The molecule has 0 atom stereocenters. The lowest BCUT2D eigenvalue weighted by molar-refractivity contribution is 0.236. The summed E-state index contributed by atoms with van der Waals surface area (Å²) in [5, 5.41) is 0. The maximum absolute atomic E-state index is 5.60. The fraction of sp³-hybridized carbons (Fsp3) is 0.364. The van der Waals surface area contributed by atoms with Crippen LogP contribution in [0.3, 0.4) is 0 Å². The molecule has 15 heavy (non-hydrogen) atoms. The summed E-state index contributed by atoms with van der Waals surface area (Å²) in [6.45, 7) is 4.42. The Bertz CT molecular complexity index is 348. The average molecular weight is 288 g/mol. The zero-order chi connectivity index (χ0) is 11.5. The lowest BCUT2D eigenvalue weighted by Crippen LogP contribution is -2.35. The van der Waals surface area contributed by atoms with Crippen LogP contribution in [0.25, 0.3) is 0 Å². The third kappa shape index (κ3) is 3.80. The van der Waals surface area contributed by atoms with Crippen molar-refractivity contribution >= 4 is 33.1 Å². The molecule has 4 heteroatoms. The Morgan fingerprint density at radius 3 is 2.40 bits per heavy atom. The van der Waals surface area contributed by atoms with Crippen LogP contribution in [0.2, 0.25) is 0 Å². The zero-order valence-corrected chi connectivity index (χ0v) is 11.2. The van der Waals surface area contributed by atoms with E-state index in [1.807, 2.05) is 38.1 Å². The lowest BCUT2D eigenvalue weighted by Gasteiger charge is -2.23. The second-order valence-electron chi connectivity index (χ2n) is 3.99. The number of hydrogen-bond acceptors (Lipinski definition) is 2. The van der Waals surface area contributed by atoms with Crippen molar-refractivity contribution in [2.75, 3.05) is 6.61 Å². The third-order valence-corrected chi connectivity index (χ3v) is 3.16. The molecular weight excluding hydrogens is 274 g/mol. The molecule has 0 radical (unpaired) electrons. The first kappa shape index (κ1) is 12.5. The van der Waals surface area contributed by atoms with Crippen molar-refractivity contribution < 1.29 is 4.74 Å². The van der Waals surface area contributed by atoms with Gasteiger partial charge in [-0.25, -0.2) is 0 Å². The molecule has 0 aliphatic carbocycles. The minimum absolute atomic E-state index is 0.275. The molecular formula is C11H14BrNOS. The Morgan fingerprint density at radius 2 is 1.93 bits per heavy atom. The Labute approximate surface area is 104 Å². The van der Waals surface area contributed by atoms with E-state index in [0.29, 0.717) is 11.6 Å².